The molecule has 1 aliphatic rings. The van der Waals surface area contributed by atoms with Crippen LogP contribution in [-0.2, 0) is 11.3 Å². The number of hydrogen-bond acceptors (Lipinski definition) is 6. The summed E-state index contributed by atoms with van der Waals surface area (Å²) in [6, 6.07) is 26.6. The number of piperazine rings is 1. The maximum atomic E-state index is 12.5. The number of fused-ring (bicyclic) bond motifs is 1. The molecule has 2 heterocycles. The Bertz CT molecular complexity index is 1290. The van der Waals surface area contributed by atoms with Crippen LogP contribution in [0.15, 0.2) is 83.9 Å². The van der Waals surface area contributed by atoms with Crippen molar-refractivity contribution in [3.05, 3.63) is 90.1 Å². The largest absolute Gasteiger partial charge is 0.369 e. The van der Waals surface area contributed by atoms with Gasteiger partial charge in [0.15, 0.2) is 0 Å². The number of aromatic nitrogens is 2. The van der Waals surface area contributed by atoms with Crippen molar-refractivity contribution in [3.63, 3.8) is 0 Å². The molecule has 1 saturated heterocycles. The van der Waals surface area contributed by atoms with Crippen LogP contribution in [0.2, 0.25) is 0 Å². The summed E-state index contributed by atoms with van der Waals surface area (Å²) in [4.78, 5) is 26.7. The van der Waals surface area contributed by atoms with Gasteiger partial charge in [0.2, 0.25) is 5.91 Å². The fraction of sp³-hybridized carbons (Fsp3) is 0.250. The van der Waals surface area contributed by atoms with Gasteiger partial charge in [0, 0.05) is 44.1 Å². The molecule has 0 bridgehead atoms. The van der Waals surface area contributed by atoms with Crippen LogP contribution in [0.3, 0.4) is 0 Å². The second-order valence-corrected chi connectivity index (χ2v) is 9.70. The second kappa shape index (κ2) is 10.9. The first-order valence-corrected chi connectivity index (χ1v) is 12.9. The van der Waals surface area contributed by atoms with Crippen LogP contribution < -0.4 is 10.2 Å². The van der Waals surface area contributed by atoms with Crippen molar-refractivity contribution >= 4 is 40.1 Å². The molecule has 0 radical (unpaired) electrons. The molecule has 6 nitrogen and oxygen atoms in total. The number of carbonyl (C=O) groups is 1. The lowest BCUT2D eigenvalue weighted by Crippen LogP contribution is -2.45. The number of hydrogen-bond donors (Lipinski definition) is 1. The van der Waals surface area contributed by atoms with Gasteiger partial charge in [0.05, 0.1) is 22.5 Å². The van der Waals surface area contributed by atoms with Crippen molar-refractivity contribution in [2.45, 2.75) is 18.5 Å². The van der Waals surface area contributed by atoms with Crippen molar-refractivity contribution in [2.75, 3.05) is 42.1 Å². The number of nitrogens with one attached hydrogen (secondary N) is 1. The zero-order chi connectivity index (χ0) is 24.0. The predicted molar refractivity (Wildman–Crippen MR) is 144 cm³/mol. The van der Waals surface area contributed by atoms with E-state index >= 15 is 0 Å². The molecule has 1 amide bonds. The van der Waals surface area contributed by atoms with Gasteiger partial charge in [-0.15, -0.1) is 0 Å². The van der Waals surface area contributed by atoms with Crippen molar-refractivity contribution < 1.29 is 4.79 Å². The maximum Gasteiger partial charge on any atom is 0.234 e. The molecule has 3 aromatic carbocycles. The lowest BCUT2D eigenvalue weighted by Gasteiger charge is -2.36. The Morgan fingerprint density at radius 3 is 2.23 bits per heavy atom. The molecule has 178 valence electrons. The standard InChI is InChI=1S/C28H29N5OS/c1-21-28(31-26-10-6-5-9-25(26)29-21)35-20-27(34)30-23-11-13-24(14-12-23)33-17-15-32(16-18-33)19-22-7-3-2-4-8-22/h2-14H,15-20H2,1H3,(H,30,34). The summed E-state index contributed by atoms with van der Waals surface area (Å²) >= 11 is 1.42. The number of anilines is 2. The highest BCUT2D eigenvalue weighted by Crippen LogP contribution is 2.23. The Morgan fingerprint density at radius 1 is 0.857 bits per heavy atom. The number of aryl methyl sites for hydroxylation is 1. The van der Waals surface area contributed by atoms with Crippen LogP contribution >= 0.6 is 11.8 Å². The quantitative estimate of drug-likeness (QED) is 0.374. The molecule has 1 N–H and O–H groups in total. The molecule has 35 heavy (non-hydrogen) atoms. The first-order chi connectivity index (χ1) is 17.1. The summed E-state index contributed by atoms with van der Waals surface area (Å²) in [5, 5.41) is 3.79. The summed E-state index contributed by atoms with van der Waals surface area (Å²) in [5.74, 6) is 0.241. The molecule has 0 atom stereocenters. The summed E-state index contributed by atoms with van der Waals surface area (Å²) in [6.45, 7) is 7.02. The molecule has 4 aromatic rings. The molecule has 7 heteroatoms. The highest BCUT2D eigenvalue weighted by atomic mass is 32.2. The minimum absolute atomic E-state index is 0.0494. The minimum Gasteiger partial charge on any atom is -0.369 e. The number of nitrogens with zero attached hydrogens (tertiary/aromatic N) is 4. The average Bonchev–Trinajstić information content (AvgIpc) is 2.89. The monoisotopic (exact) mass is 483 g/mol. The molecule has 0 aliphatic carbocycles. The summed E-state index contributed by atoms with van der Waals surface area (Å²) in [6.07, 6.45) is 0. The van der Waals surface area contributed by atoms with Gasteiger partial charge in [0.1, 0.15) is 5.03 Å². The molecule has 0 spiro atoms. The van der Waals surface area contributed by atoms with E-state index in [2.05, 4.69) is 67.5 Å². The van der Waals surface area contributed by atoms with Crippen molar-refractivity contribution in [2.24, 2.45) is 0 Å². The number of thioether (sulfide) groups is 1. The maximum absolute atomic E-state index is 12.5. The highest BCUT2D eigenvalue weighted by Gasteiger charge is 2.17. The third-order valence-electron chi connectivity index (χ3n) is 6.18. The van der Waals surface area contributed by atoms with Gasteiger partial charge in [-0.1, -0.05) is 54.2 Å². The zero-order valence-corrected chi connectivity index (χ0v) is 20.7. The number of carbonyl (C=O) groups excluding carboxylic acids is 1. The Balaban J connectivity index is 1.11. The Labute approximate surface area is 210 Å². The number of amides is 1. The SMILES string of the molecule is Cc1nc2ccccc2nc1SCC(=O)Nc1ccc(N2CCN(Cc3ccccc3)CC2)cc1. The van der Waals surface area contributed by atoms with Gasteiger partial charge in [-0.2, -0.15) is 0 Å². The number of rotatable bonds is 7. The van der Waals surface area contributed by atoms with Crippen molar-refractivity contribution in [3.8, 4) is 0 Å². The van der Waals surface area contributed by atoms with Gasteiger partial charge in [-0.3, -0.25) is 9.69 Å². The smallest absolute Gasteiger partial charge is 0.234 e. The van der Waals surface area contributed by atoms with E-state index < -0.39 is 0 Å². The van der Waals surface area contributed by atoms with Crippen molar-refractivity contribution in [1.82, 2.24) is 14.9 Å². The highest BCUT2D eigenvalue weighted by molar-refractivity contribution is 8.00. The molecule has 0 saturated carbocycles. The Kier molecular flexibility index (Phi) is 7.25. The predicted octanol–water partition coefficient (Wildman–Crippen LogP) is 4.99. The average molecular weight is 484 g/mol. The number of para-hydroxylation sites is 2. The topological polar surface area (TPSA) is 61.4 Å². The first-order valence-electron chi connectivity index (χ1n) is 11.9. The fourth-order valence-electron chi connectivity index (χ4n) is 4.30. The molecule has 1 aromatic heterocycles. The van der Waals surface area contributed by atoms with E-state index in [-0.39, 0.29) is 5.91 Å². The van der Waals surface area contributed by atoms with E-state index in [1.165, 1.54) is 23.0 Å². The normalized spacial score (nSPS) is 14.3. The number of benzene rings is 3. The van der Waals surface area contributed by atoms with E-state index in [0.717, 1.165) is 60.2 Å². The van der Waals surface area contributed by atoms with Crippen LogP contribution in [0.5, 0.6) is 0 Å². The van der Waals surface area contributed by atoms with Crippen molar-refractivity contribution in [1.29, 1.82) is 0 Å². The van der Waals surface area contributed by atoms with E-state index in [0.29, 0.717) is 5.75 Å². The van der Waals surface area contributed by atoms with E-state index in [1.807, 2.05) is 43.3 Å². The van der Waals surface area contributed by atoms with Crippen LogP contribution in [0.1, 0.15) is 11.3 Å². The molecular weight excluding hydrogens is 454 g/mol. The van der Waals surface area contributed by atoms with Gasteiger partial charge >= 0.3 is 0 Å². The lowest BCUT2D eigenvalue weighted by atomic mass is 10.2. The third kappa shape index (κ3) is 5.99. The van der Waals surface area contributed by atoms with E-state index in [9.17, 15) is 4.79 Å². The molecule has 1 fully saturated rings. The van der Waals surface area contributed by atoms with Crippen LogP contribution in [0.4, 0.5) is 11.4 Å². The van der Waals surface area contributed by atoms with Crippen LogP contribution in [0, 0.1) is 6.92 Å². The van der Waals surface area contributed by atoms with Gasteiger partial charge in [0.25, 0.3) is 0 Å². The lowest BCUT2D eigenvalue weighted by molar-refractivity contribution is -0.113. The summed E-state index contributed by atoms with van der Waals surface area (Å²) in [5.41, 5.74) is 5.92. The summed E-state index contributed by atoms with van der Waals surface area (Å²) in [7, 11) is 0. The molecule has 5 rings (SSSR count). The van der Waals surface area contributed by atoms with Gasteiger partial charge < -0.3 is 10.2 Å². The van der Waals surface area contributed by atoms with Crippen LogP contribution in [-0.4, -0.2) is 52.7 Å². The summed E-state index contributed by atoms with van der Waals surface area (Å²) < 4.78 is 0. The molecule has 0 unspecified atom stereocenters. The molecular formula is C28H29N5OS. The molecule has 1 aliphatic heterocycles. The zero-order valence-electron chi connectivity index (χ0n) is 19.9. The van der Waals surface area contributed by atoms with E-state index in [1.54, 1.807) is 0 Å². The van der Waals surface area contributed by atoms with Gasteiger partial charge in [-0.05, 0) is 48.9 Å². The Morgan fingerprint density at radius 2 is 1.51 bits per heavy atom. The fourth-order valence-corrected chi connectivity index (χ4v) is 5.06. The van der Waals surface area contributed by atoms with E-state index in [4.69, 9.17) is 0 Å². The van der Waals surface area contributed by atoms with Crippen LogP contribution in [0.25, 0.3) is 11.0 Å². The Hall–Kier alpha value is -3.42. The minimum atomic E-state index is -0.0494. The second-order valence-electron chi connectivity index (χ2n) is 8.74. The third-order valence-corrected chi connectivity index (χ3v) is 7.25. The van der Waals surface area contributed by atoms with Gasteiger partial charge in [-0.25, -0.2) is 9.97 Å². The first kappa shape index (κ1) is 23.3.